The summed E-state index contributed by atoms with van der Waals surface area (Å²) in [6.45, 7) is 1.90. The third-order valence-corrected chi connectivity index (χ3v) is 7.66. The minimum atomic E-state index is -4.13. The second kappa shape index (κ2) is 8.70. The molecule has 1 saturated heterocycles. The first-order valence-electron chi connectivity index (χ1n) is 9.86. The van der Waals surface area contributed by atoms with Crippen LogP contribution >= 0.6 is 0 Å². The summed E-state index contributed by atoms with van der Waals surface area (Å²) in [5.74, 6) is -1.64. The summed E-state index contributed by atoms with van der Waals surface area (Å²) in [5, 5.41) is 0. The van der Waals surface area contributed by atoms with Crippen LogP contribution < -0.4 is 9.74 Å². The Morgan fingerprint density at radius 1 is 1.19 bits per heavy atom. The van der Waals surface area contributed by atoms with Gasteiger partial charge in [-0.1, -0.05) is 0 Å². The molecule has 0 N–H and O–H groups in total. The molecule has 3 heterocycles. The second-order valence-corrected chi connectivity index (χ2v) is 11.3. The Balaban J connectivity index is 2.09. The van der Waals surface area contributed by atoms with Gasteiger partial charge in [0.1, 0.15) is 11.4 Å². The van der Waals surface area contributed by atoms with Gasteiger partial charge in [0.2, 0.25) is 5.75 Å². The minimum Gasteiger partial charge on any atom is -0.461 e. The average molecular weight is 495 g/mol. The van der Waals surface area contributed by atoms with Gasteiger partial charge < -0.3 is 13.7 Å². The maximum atomic E-state index is 13.1. The monoisotopic (exact) mass is 494 g/mol. The standard InChI is InChI=1S/C17H26N4O9S2/c1-5-28-15(23)12-13(30-31(4,24)25)14(22)21-10-11-29-17(16(21)18-12)6-8-20(9-7-17)32(26,27)19(2)3/h5-11H2,1-4H3. The van der Waals surface area contributed by atoms with Gasteiger partial charge in [-0.05, 0) is 19.8 Å². The summed E-state index contributed by atoms with van der Waals surface area (Å²) in [7, 11) is -4.90. The SMILES string of the molecule is CCOC(=O)c1nc2n(c(=O)c1OS(C)(=O)=O)CCOC21CCN(S(=O)(=O)N(C)C)CC1. The topological polar surface area (TPSA) is 154 Å². The first-order chi connectivity index (χ1) is 14.8. The van der Waals surface area contributed by atoms with E-state index in [0.717, 1.165) is 10.6 Å². The number of nitrogens with zero attached hydrogens (tertiary/aromatic N) is 4. The summed E-state index contributed by atoms with van der Waals surface area (Å²) in [6.07, 6.45) is 1.11. The molecule has 0 atom stereocenters. The Labute approximate surface area is 186 Å². The van der Waals surface area contributed by atoms with E-state index < -0.39 is 48.9 Å². The van der Waals surface area contributed by atoms with Crippen molar-refractivity contribution in [3.8, 4) is 5.75 Å². The van der Waals surface area contributed by atoms with Crippen molar-refractivity contribution in [2.45, 2.75) is 31.9 Å². The van der Waals surface area contributed by atoms with E-state index in [-0.39, 0.29) is 51.5 Å². The zero-order valence-corrected chi connectivity index (χ0v) is 19.9. The summed E-state index contributed by atoms with van der Waals surface area (Å²) in [4.78, 5) is 29.9. The van der Waals surface area contributed by atoms with Crippen LogP contribution in [0.15, 0.2) is 4.79 Å². The van der Waals surface area contributed by atoms with Gasteiger partial charge >= 0.3 is 16.1 Å². The molecule has 0 saturated carbocycles. The maximum absolute atomic E-state index is 13.1. The lowest BCUT2D eigenvalue weighted by Gasteiger charge is -2.44. The number of aromatic nitrogens is 2. The molecule has 0 amide bonds. The van der Waals surface area contributed by atoms with E-state index in [1.807, 2.05) is 0 Å². The molecule has 1 aromatic heterocycles. The largest absolute Gasteiger partial charge is 0.461 e. The van der Waals surface area contributed by atoms with E-state index in [9.17, 15) is 26.4 Å². The van der Waals surface area contributed by atoms with Crippen molar-refractivity contribution in [2.24, 2.45) is 0 Å². The first kappa shape index (κ1) is 24.6. The minimum absolute atomic E-state index is 0.0315. The van der Waals surface area contributed by atoms with Crippen LogP contribution in [0.25, 0.3) is 0 Å². The molecule has 0 aliphatic carbocycles. The van der Waals surface area contributed by atoms with Crippen molar-refractivity contribution >= 4 is 26.3 Å². The van der Waals surface area contributed by atoms with Crippen LogP contribution in [0, 0.1) is 0 Å². The number of hydrogen-bond acceptors (Lipinski definition) is 10. The first-order valence-corrected chi connectivity index (χ1v) is 13.1. The van der Waals surface area contributed by atoms with Gasteiger partial charge in [-0.15, -0.1) is 0 Å². The van der Waals surface area contributed by atoms with Crippen LogP contribution in [0.1, 0.15) is 36.1 Å². The van der Waals surface area contributed by atoms with Gasteiger partial charge in [-0.2, -0.15) is 25.4 Å². The molecule has 1 spiro atoms. The van der Waals surface area contributed by atoms with Crippen molar-refractivity contribution < 1.29 is 35.3 Å². The number of carbonyl (C=O) groups excluding carboxylic acids is 1. The molecule has 0 radical (unpaired) electrons. The van der Waals surface area contributed by atoms with Crippen molar-refractivity contribution in [3.05, 3.63) is 21.9 Å². The van der Waals surface area contributed by atoms with Crippen LogP contribution in [0.3, 0.4) is 0 Å². The quantitative estimate of drug-likeness (QED) is 0.351. The number of esters is 1. The van der Waals surface area contributed by atoms with Crippen molar-refractivity contribution in [1.29, 1.82) is 0 Å². The number of rotatable bonds is 6. The van der Waals surface area contributed by atoms with Crippen molar-refractivity contribution in [2.75, 3.05) is 46.7 Å². The highest BCUT2D eigenvalue weighted by Crippen LogP contribution is 2.39. The Morgan fingerprint density at radius 2 is 1.81 bits per heavy atom. The van der Waals surface area contributed by atoms with E-state index in [0.29, 0.717) is 0 Å². The summed E-state index contributed by atoms with van der Waals surface area (Å²) < 4.78 is 67.6. The summed E-state index contributed by atoms with van der Waals surface area (Å²) in [5.41, 5.74) is -2.54. The van der Waals surface area contributed by atoms with Crippen LogP contribution in [0.5, 0.6) is 5.75 Å². The van der Waals surface area contributed by atoms with Gasteiger partial charge in [0, 0.05) is 27.2 Å². The van der Waals surface area contributed by atoms with Gasteiger partial charge in [0.05, 0.1) is 26.0 Å². The fraction of sp³-hybridized carbons (Fsp3) is 0.706. The highest BCUT2D eigenvalue weighted by Gasteiger charge is 2.46. The van der Waals surface area contributed by atoms with Crippen molar-refractivity contribution in [1.82, 2.24) is 18.2 Å². The molecule has 13 nitrogen and oxygen atoms in total. The molecule has 0 aromatic carbocycles. The van der Waals surface area contributed by atoms with Crippen LogP contribution in [-0.4, -0.2) is 87.6 Å². The molecule has 1 fully saturated rings. The Hall–Kier alpha value is -2.07. The van der Waals surface area contributed by atoms with Gasteiger partial charge in [-0.25, -0.2) is 9.78 Å². The predicted molar refractivity (Wildman–Crippen MR) is 111 cm³/mol. The Kier molecular flexibility index (Phi) is 6.68. The number of hydrogen-bond donors (Lipinski definition) is 0. The van der Waals surface area contributed by atoms with E-state index in [1.165, 1.54) is 23.0 Å². The summed E-state index contributed by atoms with van der Waals surface area (Å²) in [6, 6.07) is 0. The van der Waals surface area contributed by atoms with Crippen molar-refractivity contribution in [3.63, 3.8) is 0 Å². The molecular weight excluding hydrogens is 468 g/mol. The van der Waals surface area contributed by atoms with Gasteiger partial charge in [0.25, 0.3) is 15.8 Å². The van der Waals surface area contributed by atoms with Crippen LogP contribution in [0.4, 0.5) is 0 Å². The fourth-order valence-corrected chi connectivity index (χ4v) is 5.29. The Morgan fingerprint density at radius 3 is 2.34 bits per heavy atom. The molecule has 1 aromatic rings. The molecule has 180 valence electrons. The van der Waals surface area contributed by atoms with Crippen LogP contribution in [-0.2, 0) is 41.9 Å². The second-order valence-electron chi connectivity index (χ2n) is 7.61. The van der Waals surface area contributed by atoms with E-state index in [4.69, 9.17) is 13.7 Å². The van der Waals surface area contributed by atoms with E-state index in [1.54, 1.807) is 6.92 Å². The molecule has 0 unspecified atom stereocenters. The third-order valence-electron chi connectivity index (χ3n) is 5.25. The maximum Gasteiger partial charge on any atom is 0.361 e. The highest BCUT2D eigenvalue weighted by molar-refractivity contribution is 7.86. The predicted octanol–water partition coefficient (Wildman–Crippen LogP) is -1.11. The molecule has 2 aliphatic rings. The normalized spacial score (nSPS) is 19.0. The Bertz CT molecular complexity index is 1170. The lowest BCUT2D eigenvalue weighted by atomic mass is 9.89. The highest BCUT2D eigenvalue weighted by atomic mass is 32.2. The lowest BCUT2D eigenvalue weighted by molar-refractivity contribution is -0.110. The zero-order chi connectivity index (χ0) is 23.9. The van der Waals surface area contributed by atoms with Crippen LogP contribution in [0.2, 0.25) is 0 Å². The van der Waals surface area contributed by atoms with Gasteiger partial charge in [0.15, 0.2) is 5.69 Å². The number of ether oxygens (including phenoxy) is 2. The lowest BCUT2D eigenvalue weighted by Crippen LogP contribution is -2.53. The van der Waals surface area contributed by atoms with E-state index >= 15 is 0 Å². The molecule has 15 heteroatoms. The summed E-state index contributed by atoms with van der Waals surface area (Å²) >= 11 is 0. The molecule has 32 heavy (non-hydrogen) atoms. The molecule has 0 bridgehead atoms. The number of carbonyl (C=O) groups is 1. The smallest absolute Gasteiger partial charge is 0.361 e. The molecular formula is C17H26N4O9S2. The third kappa shape index (κ3) is 4.52. The van der Waals surface area contributed by atoms with Gasteiger partial charge in [-0.3, -0.25) is 9.36 Å². The zero-order valence-electron chi connectivity index (χ0n) is 18.2. The average Bonchev–Trinajstić information content (AvgIpc) is 2.70. The van der Waals surface area contributed by atoms with E-state index in [2.05, 4.69) is 4.98 Å². The number of piperidine rings is 1. The molecule has 3 rings (SSSR count). The molecule has 2 aliphatic heterocycles. The number of fused-ring (bicyclic) bond motifs is 2. The fourth-order valence-electron chi connectivity index (χ4n) is 3.73.